The van der Waals surface area contributed by atoms with E-state index in [-0.39, 0.29) is 11.3 Å². The monoisotopic (exact) mass is 401 g/mol. The molecule has 102 valence electrons. The number of hydrogen-bond donors (Lipinski definition) is 1. The lowest BCUT2D eigenvalue weighted by molar-refractivity contribution is -0.385. The largest absolute Gasteiger partial charge is 0.478 e. The van der Waals surface area contributed by atoms with Crippen molar-refractivity contribution in [3.63, 3.8) is 0 Å². The molecule has 0 fully saturated rings. The van der Waals surface area contributed by atoms with Crippen molar-refractivity contribution in [1.82, 2.24) is 0 Å². The molecule has 0 amide bonds. The third kappa shape index (κ3) is 3.48. The van der Waals surface area contributed by atoms with E-state index in [1.165, 1.54) is 30.0 Å². The van der Waals surface area contributed by atoms with Crippen LogP contribution in [0.5, 0.6) is 0 Å². The lowest BCUT2D eigenvalue weighted by atomic mass is 10.2. The molecule has 0 aliphatic carbocycles. The molecule has 0 saturated carbocycles. The first-order chi connectivity index (χ1) is 9.47. The average molecular weight is 401 g/mol. The number of nitro benzene ring substituents is 1. The maximum atomic E-state index is 10.9. The second-order valence-corrected chi connectivity index (χ2v) is 6.08. The SMILES string of the molecule is O=C(O)c1cccc(Sc2ccc([N+](=O)[O-])cc2I)c1. The van der Waals surface area contributed by atoms with Crippen LogP contribution in [-0.4, -0.2) is 16.0 Å². The number of non-ortho nitro benzene ring substituents is 1. The third-order valence-corrected chi connectivity index (χ3v) is 4.76. The molecule has 0 aromatic heterocycles. The van der Waals surface area contributed by atoms with Gasteiger partial charge in [-0.1, -0.05) is 17.8 Å². The Morgan fingerprint density at radius 1 is 1.25 bits per heavy atom. The van der Waals surface area contributed by atoms with Crippen molar-refractivity contribution in [1.29, 1.82) is 0 Å². The van der Waals surface area contributed by atoms with E-state index in [1.54, 1.807) is 24.3 Å². The normalized spacial score (nSPS) is 10.2. The molecular weight excluding hydrogens is 393 g/mol. The Bertz CT molecular complexity index is 690. The number of benzene rings is 2. The maximum Gasteiger partial charge on any atom is 0.335 e. The predicted molar refractivity (Wildman–Crippen MR) is 83.3 cm³/mol. The number of nitrogens with zero attached hydrogens (tertiary/aromatic N) is 1. The fourth-order valence-electron chi connectivity index (χ4n) is 1.51. The van der Waals surface area contributed by atoms with Gasteiger partial charge in [-0.3, -0.25) is 10.1 Å². The van der Waals surface area contributed by atoms with E-state index in [1.807, 2.05) is 22.6 Å². The molecule has 0 bridgehead atoms. The topological polar surface area (TPSA) is 80.4 Å². The van der Waals surface area contributed by atoms with Gasteiger partial charge < -0.3 is 5.11 Å². The van der Waals surface area contributed by atoms with E-state index < -0.39 is 10.9 Å². The van der Waals surface area contributed by atoms with E-state index in [0.717, 1.165) is 13.4 Å². The third-order valence-electron chi connectivity index (χ3n) is 2.44. The van der Waals surface area contributed by atoms with Gasteiger partial charge in [0.05, 0.1) is 10.5 Å². The van der Waals surface area contributed by atoms with Crippen LogP contribution < -0.4 is 0 Å². The maximum absolute atomic E-state index is 10.9. The lowest BCUT2D eigenvalue weighted by Crippen LogP contribution is -1.95. The Balaban J connectivity index is 2.28. The zero-order chi connectivity index (χ0) is 14.7. The van der Waals surface area contributed by atoms with Crippen molar-refractivity contribution in [2.75, 3.05) is 0 Å². The molecule has 0 aliphatic heterocycles. The summed E-state index contributed by atoms with van der Waals surface area (Å²) in [5.41, 5.74) is 0.255. The van der Waals surface area contributed by atoms with E-state index in [0.29, 0.717) is 0 Å². The second-order valence-electron chi connectivity index (χ2n) is 3.81. The number of rotatable bonds is 4. The summed E-state index contributed by atoms with van der Waals surface area (Å²) in [5, 5.41) is 19.6. The first-order valence-electron chi connectivity index (χ1n) is 5.42. The van der Waals surface area contributed by atoms with Gasteiger partial charge in [0.25, 0.3) is 5.69 Å². The van der Waals surface area contributed by atoms with Crippen molar-refractivity contribution in [2.24, 2.45) is 0 Å². The molecule has 1 N–H and O–H groups in total. The van der Waals surface area contributed by atoms with E-state index in [2.05, 4.69) is 0 Å². The number of aromatic carboxylic acids is 1. The molecule has 0 saturated heterocycles. The molecule has 0 heterocycles. The Hall–Kier alpha value is -1.61. The Kier molecular flexibility index (Phi) is 4.61. The van der Waals surface area contributed by atoms with Crippen LogP contribution in [0.2, 0.25) is 0 Å². The van der Waals surface area contributed by atoms with E-state index in [4.69, 9.17) is 5.11 Å². The molecular formula is C13H8INO4S. The highest BCUT2D eigenvalue weighted by Crippen LogP contribution is 2.33. The molecule has 5 nitrogen and oxygen atoms in total. The van der Waals surface area contributed by atoms with Gasteiger partial charge in [0.15, 0.2) is 0 Å². The lowest BCUT2D eigenvalue weighted by Gasteiger charge is -2.05. The summed E-state index contributed by atoms with van der Waals surface area (Å²) in [6.45, 7) is 0. The summed E-state index contributed by atoms with van der Waals surface area (Å²) < 4.78 is 0.752. The highest BCUT2D eigenvalue weighted by atomic mass is 127. The summed E-state index contributed by atoms with van der Waals surface area (Å²) in [7, 11) is 0. The predicted octanol–water partition coefficient (Wildman–Crippen LogP) is 4.05. The first-order valence-corrected chi connectivity index (χ1v) is 7.32. The summed E-state index contributed by atoms with van der Waals surface area (Å²) >= 11 is 3.40. The Morgan fingerprint density at radius 3 is 2.60 bits per heavy atom. The van der Waals surface area contributed by atoms with E-state index in [9.17, 15) is 14.9 Å². The van der Waals surface area contributed by atoms with Crippen molar-refractivity contribution < 1.29 is 14.8 Å². The molecule has 0 spiro atoms. The van der Waals surface area contributed by atoms with Crippen LogP contribution in [-0.2, 0) is 0 Å². The smallest absolute Gasteiger partial charge is 0.335 e. The number of carboxylic acid groups (broad SMARTS) is 1. The van der Waals surface area contributed by atoms with Gasteiger partial charge in [-0.2, -0.15) is 0 Å². The summed E-state index contributed by atoms with van der Waals surface area (Å²) in [6, 6.07) is 11.2. The van der Waals surface area contributed by atoms with E-state index >= 15 is 0 Å². The minimum Gasteiger partial charge on any atom is -0.478 e. The zero-order valence-electron chi connectivity index (χ0n) is 9.95. The number of halogens is 1. The summed E-state index contributed by atoms with van der Waals surface area (Å²) in [5.74, 6) is -0.981. The van der Waals surface area contributed by atoms with Crippen LogP contribution in [0, 0.1) is 13.7 Å². The van der Waals surface area contributed by atoms with Crippen LogP contribution in [0.15, 0.2) is 52.3 Å². The van der Waals surface area contributed by atoms with Gasteiger partial charge in [0.2, 0.25) is 0 Å². The van der Waals surface area contributed by atoms with Crippen LogP contribution in [0.1, 0.15) is 10.4 Å². The quantitative estimate of drug-likeness (QED) is 0.475. The molecule has 2 aromatic rings. The first kappa shape index (κ1) is 14.8. The fourth-order valence-corrected chi connectivity index (χ4v) is 3.21. The van der Waals surface area contributed by atoms with Gasteiger partial charge in [-0.15, -0.1) is 0 Å². The molecule has 0 unspecified atom stereocenters. The van der Waals surface area contributed by atoms with Crippen molar-refractivity contribution in [3.05, 3.63) is 61.7 Å². The number of hydrogen-bond acceptors (Lipinski definition) is 4. The summed E-state index contributed by atoms with van der Waals surface area (Å²) in [4.78, 5) is 22.8. The van der Waals surface area contributed by atoms with Gasteiger partial charge in [0.1, 0.15) is 0 Å². The van der Waals surface area contributed by atoms with Crippen LogP contribution in [0.25, 0.3) is 0 Å². The molecule has 0 radical (unpaired) electrons. The number of nitro groups is 1. The standard InChI is InChI=1S/C13H8INO4S/c14-11-7-9(15(18)19)4-5-12(11)20-10-3-1-2-8(6-10)13(16)17/h1-7H,(H,16,17). The summed E-state index contributed by atoms with van der Waals surface area (Å²) in [6.07, 6.45) is 0. The highest BCUT2D eigenvalue weighted by Gasteiger charge is 2.11. The van der Waals surface area contributed by atoms with Crippen LogP contribution in [0.4, 0.5) is 5.69 Å². The Labute approximate surface area is 132 Å². The van der Waals surface area contributed by atoms with Crippen LogP contribution in [0.3, 0.4) is 0 Å². The molecule has 20 heavy (non-hydrogen) atoms. The molecule has 7 heteroatoms. The molecule has 2 rings (SSSR count). The second kappa shape index (κ2) is 6.23. The van der Waals surface area contributed by atoms with Crippen molar-refractivity contribution in [2.45, 2.75) is 9.79 Å². The van der Waals surface area contributed by atoms with Crippen molar-refractivity contribution >= 4 is 46.0 Å². The Morgan fingerprint density at radius 2 is 2.00 bits per heavy atom. The number of carboxylic acids is 1. The van der Waals surface area contributed by atoms with Gasteiger partial charge in [-0.25, -0.2) is 4.79 Å². The minimum absolute atomic E-state index is 0.0398. The van der Waals surface area contributed by atoms with Crippen molar-refractivity contribution in [3.8, 4) is 0 Å². The molecule has 0 atom stereocenters. The van der Waals surface area contributed by atoms with Gasteiger partial charge >= 0.3 is 5.97 Å². The molecule has 2 aromatic carbocycles. The molecule has 0 aliphatic rings. The number of carbonyl (C=O) groups is 1. The van der Waals surface area contributed by atoms with Crippen LogP contribution >= 0.6 is 34.4 Å². The fraction of sp³-hybridized carbons (Fsp3) is 0. The average Bonchev–Trinajstić information content (AvgIpc) is 2.41. The van der Waals surface area contributed by atoms with Gasteiger partial charge in [-0.05, 0) is 46.9 Å². The van der Waals surface area contributed by atoms with Gasteiger partial charge in [0, 0.05) is 25.5 Å². The highest BCUT2D eigenvalue weighted by molar-refractivity contribution is 14.1. The zero-order valence-corrected chi connectivity index (χ0v) is 12.9. The minimum atomic E-state index is -0.981.